The van der Waals surface area contributed by atoms with E-state index in [4.69, 9.17) is 4.74 Å². The highest BCUT2D eigenvalue weighted by Gasteiger charge is 2.24. The maximum atomic E-state index is 5.26. The fourth-order valence-electron chi connectivity index (χ4n) is 3.08. The molecule has 0 amide bonds. The SMILES string of the molecule is CN=C(NCc1cnn(-c2ccccc2)c1)N1CCC(COC)C1. The Balaban J connectivity index is 1.56. The van der Waals surface area contributed by atoms with Crippen LogP contribution in [-0.4, -0.2) is 54.5 Å². The van der Waals surface area contributed by atoms with Crippen LogP contribution in [0, 0.1) is 5.92 Å². The Morgan fingerprint density at radius 2 is 2.21 bits per heavy atom. The third-order valence-electron chi connectivity index (χ3n) is 4.31. The van der Waals surface area contributed by atoms with Crippen molar-refractivity contribution in [3.05, 3.63) is 48.3 Å². The minimum Gasteiger partial charge on any atom is -0.384 e. The van der Waals surface area contributed by atoms with Crippen LogP contribution in [0.15, 0.2) is 47.7 Å². The summed E-state index contributed by atoms with van der Waals surface area (Å²) in [5, 5.41) is 7.87. The van der Waals surface area contributed by atoms with Crippen molar-refractivity contribution in [1.82, 2.24) is 20.0 Å². The molecule has 1 N–H and O–H groups in total. The van der Waals surface area contributed by atoms with Gasteiger partial charge in [-0.1, -0.05) is 18.2 Å². The Labute approximate surface area is 143 Å². The van der Waals surface area contributed by atoms with Crippen LogP contribution in [0.5, 0.6) is 0 Å². The number of para-hydroxylation sites is 1. The average Bonchev–Trinajstić information content (AvgIpc) is 3.27. The Morgan fingerprint density at radius 1 is 1.38 bits per heavy atom. The molecule has 6 nitrogen and oxygen atoms in total. The smallest absolute Gasteiger partial charge is 0.193 e. The van der Waals surface area contributed by atoms with Crippen LogP contribution in [0.2, 0.25) is 0 Å². The van der Waals surface area contributed by atoms with Gasteiger partial charge in [0.05, 0.1) is 18.5 Å². The number of aliphatic imine (C=N–C) groups is 1. The van der Waals surface area contributed by atoms with Crippen molar-refractivity contribution in [3.8, 4) is 5.69 Å². The molecule has 1 aliphatic rings. The number of likely N-dealkylation sites (tertiary alicyclic amines) is 1. The van der Waals surface area contributed by atoms with Crippen molar-refractivity contribution < 1.29 is 4.74 Å². The van der Waals surface area contributed by atoms with E-state index in [0.717, 1.165) is 43.3 Å². The molecular formula is C18H25N5O. The number of rotatable bonds is 5. The zero-order valence-corrected chi connectivity index (χ0v) is 14.4. The lowest BCUT2D eigenvalue weighted by molar-refractivity contribution is 0.157. The number of ether oxygens (including phenoxy) is 1. The molecule has 128 valence electrons. The lowest BCUT2D eigenvalue weighted by atomic mass is 10.1. The van der Waals surface area contributed by atoms with E-state index in [1.54, 1.807) is 7.11 Å². The highest BCUT2D eigenvalue weighted by Crippen LogP contribution is 2.16. The van der Waals surface area contributed by atoms with Crippen LogP contribution >= 0.6 is 0 Å². The standard InChI is InChI=1S/C18H25N5O/c1-19-18(22-9-8-15(12-22)14-24-2)20-10-16-11-21-23(13-16)17-6-4-3-5-7-17/h3-7,11,13,15H,8-10,12,14H2,1-2H3,(H,19,20). The number of benzene rings is 1. The molecule has 1 fully saturated rings. The van der Waals surface area contributed by atoms with E-state index in [1.165, 1.54) is 0 Å². The summed E-state index contributed by atoms with van der Waals surface area (Å²) in [5.41, 5.74) is 2.20. The summed E-state index contributed by atoms with van der Waals surface area (Å²) in [7, 11) is 3.60. The Morgan fingerprint density at radius 3 is 2.96 bits per heavy atom. The van der Waals surface area contributed by atoms with E-state index in [9.17, 15) is 0 Å². The molecule has 0 radical (unpaired) electrons. The minimum atomic E-state index is 0.592. The average molecular weight is 327 g/mol. The summed E-state index contributed by atoms with van der Waals surface area (Å²) in [6.45, 7) is 3.55. The lowest BCUT2D eigenvalue weighted by Crippen LogP contribution is -2.39. The van der Waals surface area contributed by atoms with Crippen molar-refractivity contribution in [1.29, 1.82) is 0 Å². The Hall–Kier alpha value is -2.34. The van der Waals surface area contributed by atoms with Gasteiger partial charge in [-0.25, -0.2) is 4.68 Å². The molecule has 0 bridgehead atoms. The molecule has 1 unspecified atom stereocenters. The second-order valence-electron chi connectivity index (χ2n) is 6.09. The number of hydrogen-bond donors (Lipinski definition) is 1. The predicted octanol–water partition coefficient (Wildman–Crippen LogP) is 1.92. The molecule has 24 heavy (non-hydrogen) atoms. The van der Waals surface area contributed by atoms with E-state index in [0.29, 0.717) is 12.5 Å². The van der Waals surface area contributed by atoms with Gasteiger partial charge in [-0.2, -0.15) is 5.10 Å². The van der Waals surface area contributed by atoms with Crippen LogP contribution in [-0.2, 0) is 11.3 Å². The second kappa shape index (κ2) is 7.97. The number of nitrogens with zero attached hydrogens (tertiary/aromatic N) is 4. The maximum Gasteiger partial charge on any atom is 0.193 e. The topological polar surface area (TPSA) is 54.7 Å². The van der Waals surface area contributed by atoms with Gasteiger partial charge in [0.15, 0.2) is 5.96 Å². The van der Waals surface area contributed by atoms with Crippen molar-refractivity contribution in [2.75, 3.05) is 33.9 Å². The monoisotopic (exact) mass is 327 g/mol. The zero-order valence-electron chi connectivity index (χ0n) is 14.4. The molecule has 2 heterocycles. The molecule has 1 aliphatic heterocycles. The minimum absolute atomic E-state index is 0.592. The molecule has 2 aromatic rings. The molecule has 0 spiro atoms. The van der Waals surface area contributed by atoms with Crippen LogP contribution in [0.25, 0.3) is 5.69 Å². The van der Waals surface area contributed by atoms with Crippen molar-refractivity contribution in [2.45, 2.75) is 13.0 Å². The molecular weight excluding hydrogens is 302 g/mol. The van der Waals surface area contributed by atoms with Gasteiger partial charge in [0.1, 0.15) is 0 Å². The number of guanidine groups is 1. The summed E-state index contributed by atoms with van der Waals surface area (Å²) >= 11 is 0. The molecule has 1 saturated heterocycles. The fraction of sp³-hybridized carbons (Fsp3) is 0.444. The van der Waals surface area contributed by atoms with E-state index in [1.807, 2.05) is 54.5 Å². The summed E-state index contributed by atoms with van der Waals surface area (Å²) in [6.07, 6.45) is 5.10. The Bertz CT molecular complexity index is 667. The summed E-state index contributed by atoms with van der Waals surface area (Å²) in [4.78, 5) is 6.71. The normalized spacial score (nSPS) is 18.2. The number of methoxy groups -OCH3 is 1. The predicted molar refractivity (Wildman–Crippen MR) is 95.3 cm³/mol. The zero-order chi connectivity index (χ0) is 16.8. The third-order valence-corrected chi connectivity index (χ3v) is 4.31. The molecule has 0 aliphatic carbocycles. The van der Waals surface area contributed by atoms with E-state index in [2.05, 4.69) is 20.3 Å². The second-order valence-corrected chi connectivity index (χ2v) is 6.09. The molecule has 6 heteroatoms. The number of hydrogen-bond acceptors (Lipinski definition) is 3. The van der Waals surface area contributed by atoms with E-state index in [-0.39, 0.29) is 0 Å². The number of aromatic nitrogens is 2. The van der Waals surface area contributed by atoms with Crippen molar-refractivity contribution in [2.24, 2.45) is 10.9 Å². The van der Waals surface area contributed by atoms with Gasteiger partial charge in [-0.3, -0.25) is 4.99 Å². The molecule has 1 atom stereocenters. The first-order valence-corrected chi connectivity index (χ1v) is 8.33. The van der Waals surface area contributed by atoms with Gasteiger partial charge in [0, 0.05) is 51.5 Å². The summed E-state index contributed by atoms with van der Waals surface area (Å²) in [6, 6.07) is 10.1. The van der Waals surface area contributed by atoms with Gasteiger partial charge < -0.3 is 15.0 Å². The van der Waals surface area contributed by atoms with Gasteiger partial charge in [0.25, 0.3) is 0 Å². The van der Waals surface area contributed by atoms with E-state index < -0.39 is 0 Å². The Kier molecular flexibility index (Phi) is 5.48. The van der Waals surface area contributed by atoms with Crippen LogP contribution in [0.3, 0.4) is 0 Å². The quantitative estimate of drug-likeness (QED) is 0.673. The third kappa shape index (κ3) is 3.94. The fourth-order valence-corrected chi connectivity index (χ4v) is 3.08. The molecule has 1 aromatic heterocycles. The first kappa shape index (κ1) is 16.5. The summed E-state index contributed by atoms with van der Waals surface area (Å²) < 4.78 is 7.16. The van der Waals surface area contributed by atoms with Crippen molar-refractivity contribution in [3.63, 3.8) is 0 Å². The molecule has 1 aromatic carbocycles. The number of nitrogens with one attached hydrogen (secondary N) is 1. The van der Waals surface area contributed by atoms with Gasteiger partial charge in [-0.15, -0.1) is 0 Å². The molecule has 0 saturated carbocycles. The van der Waals surface area contributed by atoms with Gasteiger partial charge in [-0.05, 0) is 18.6 Å². The van der Waals surface area contributed by atoms with Gasteiger partial charge in [0.2, 0.25) is 0 Å². The van der Waals surface area contributed by atoms with Crippen molar-refractivity contribution >= 4 is 5.96 Å². The lowest BCUT2D eigenvalue weighted by Gasteiger charge is -2.21. The first-order valence-electron chi connectivity index (χ1n) is 8.33. The van der Waals surface area contributed by atoms with Crippen LogP contribution in [0.4, 0.5) is 0 Å². The van der Waals surface area contributed by atoms with Crippen LogP contribution in [0.1, 0.15) is 12.0 Å². The largest absolute Gasteiger partial charge is 0.384 e. The first-order chi connectivity index (χ1) is 11.8. The maximum absolute atomic E-state index is 5.26. The van der Waals surface area contributed by atoms with E-state index >= 15 is 0 Å². The van der Waals surface area contributed by atoms with Gasteiger partial charge >= 0.3 is 0 Å². The summed E-state index contributed by atoms with van der Waals surface area (Å²) in [5.74, 6) is 1.54. The molecule has 3 rings (SSSR count). The highest BCUT2D eigenvalue weighted by atomic mass is 16.5. The van der Waals surface area contributed by atoms with Crippen LogP contribution < -0.4 is 5.32 Å². The highest BCUT2D eigenvalue weighted by molar-refractivity contribution is 5.80.